The van der Waals surface area contributed by atoms with Crippen molar-refractivity contribution in [3.63, 3.8) is 0 Å². The highest BCUT2D eigenvalue weighted by molar-refractivity contribution is 6.31. The highest BCUT2D eigenvalue weighted by Gasteiger charge is 2.42. The molecule has 38 heavy (non-hydrogen) atoms. The third kappa shape index (κ3) is 6.36. The fourth-order valence-corrected chi connectivity index (χ4v) is 4.50. The van der Waals surface area contributed by atoms with E-state index in [1.165, 1.54) is 18.2 Å². The number of nitrogens with zero attached hydrogens (tertiary/aromatic N) is 1. The van der Waals surface area contributed by atoms with E-state index < -0.39 is 23.8 Å². The Morgan fingerprint density at radius 2 is 1.63 bits per heavy atom. The van der Waals surface area contributed by atoms with Crippen LogP contribution in [-0.2, 0) is 11.3 Å². The summed E-state index contributed by atoms with van der Waals surface area (Å²) in [4.78, 5) is 26.8. The van der Waals surface area contributed by atoms with E-state index in [2.05, 4.69) is 17.9 Å². The van der Waals surface area contributed by atoms with Gasteiger partial charge in [0.1, 0.15) is 0 Å². The molecule has 0 radical (unpaired) electrons. The quantitative estimate of drug-likeness (QED) is 0.262. The maximum atomic E-state index is 13.4. The third-order valence-electron chi connectivity index (χ3n) is 6.32. The Morgan fingerprint density at radius 1 is 0.974 bits per heavy atom. The van der Waals surface area contributed by atoms with E-state index in [1.807, 2.05) is 18.2 Å². The molecule has 3 aromatic rings. The molecule has 2 N–H and O–H groups in total. The molecule has 9 heteroatoms. The van der Waals surface area contributed by atoms with Crippen molar-refractivity contribution in [2.24, 2.45) is 5.73 Å². The van der Waals surface area contributed by atoms with E-state index in [9.17, 15) is 22.8 Å². The van der Waals surface area contributed by atoms with Crippen LogP contribution in [0.3, 0.4) is 0 Å². The maximum Gasteiger partial charge on any atom is 0.491 e. The summed E-state index contributed by atoms with van der Waals surface area (Å²) in [5.41, 5.74) is 8.13. The summed E-state index contributed by atoms with van der Waals surface area (Å²) >= 11 is 6.13. The lowest BCUT2D eigenvalue weighted by molar-refractivity contribution is -0.189. The molecule has 0 bridgehead atoms. The Morgan fingerprint density at radius 3 is 2.32 bits per heavy atom. The number of para-hydroxylation sites is 1. The van der Waals surface area contributed by atoms with Gasteiger partial charge in [0.15, 0.2) is 5.75 Å². The van der Waals surface area contributed by atoms with Gasteiger partial charge in [0.25, 0.3) is 5.91 Å². The number of benzene rings is 3. The molecule has 1 heterocycles. The molecule has 4 rings (SSSR count). The number of piperidine rings is 1. The molecule has 0 saturated carbocycles. The number of carbonyl (C=O) groups excluding carboxylic acids is 2. The summed E-state index contributed by atoms with van der Waals surface area (Å²) in [6.07, 6.45) is -3.91. The second kappa shape index (κ2) is 11.7. The lowest BCUT2D eigenvalue weighted by atomic mass is 9.88. The second-order valence-corrected chi connectivity index (χ2v) is 9.22. The first-order valence-electron chi connectivity index (χ1n) is 11.9. The molecule has 3 aromatic carbocycles. The summed E-state index contributed by atoms with van der Waals surface area (Å²) < 4.78 is 44.0. The Bertz CT molecular complexity index is 1400. The van der Waals surface area contributed by atoms with Crippen LogP contribution in [0.4, 0.5) is 13.2 Å². The zero-order valence-corrected chi connectivity index (χ0v) is 21.0. The molecule has 1 fully saturated rings. The molecule has 0 aromatic heterocycles. The van der Waals surface area contributed by atoms with Gasteiger partial charge in [-0.1, -0.05) is 65.9 Å². The Labute approximate surface area is 223 Å². The highest BCUT2D eigenvalue weighted by atomic mass is 35.5. The molecule has 1 amide bonds. The predicted octanol–water partition coefficient (Wildman–Crippen LogP) is 5.69. The molecule has 1 aliphatic rings. The van der Waals surface area contributed by atoms with Gasteiger partial charge in [-0.05, 0) is 54.2 Å². The van der Waals surface area contributed by atoms with Crippen molar-refractivity contribution in [1.82, 2.24) is 4.90 Å². The number of likely N-dealkylation sites (tertiary alicyclic amines) is 1. The number of hydrogen-bond donors (Lipinski definition) is 1. The van der Waals surface area contributed by atoms with Gasteiger partial charge < -0.3 is 15.4 Å². The third-order valence-corrected chi connectivity index (χ3v) is 6.65. The van der Waals surface area contributed by atoms with Crippen molar-refractivity contribution < 1.29 is 27.5 Å². The lowest BCUT2D eigenvalue weighted by Crippen LogP contribution is -2.38. The van der Waals surface area contributed by atoms with Crippen molar-refractivity contribution in [3.05, 3.63) is 99.6 Å². The van der Waals surface area contributed by atoms with Crippen molar-refractivity contribution in [2.45, 2.75) is 31.5 Å². The monoisotopic (exact) mass is 540 g/mol. The smallest absolute Gasteiger partial charge is 0.418 e. The molecule has 0 aliphatic carbocycles. The van der Waals surface area contributed by atoms with Crippen molar-refractivity contribution in [1.29, 1.82) is 0 Å². The number of carbonyl (C=O) groups is 2. The Hall–Kier alpha value is -3.80. The van der Waals surface area contributed by atoms with Crippen LogP contribution in [0.25, 0.3) is 0 Å². The molecule has 1 aliphatic heterocycles. The van der Waals surface area contributed by atoms with E-state index in [1.54, 1.807) is 29.2 Å². The van der Waals surface area contributed by atoms with Gasteiger partial charge in [-0.15, -0.1) is 0 Å². The van der Waals surface area contributed by atoms with Crippen LogP contribution in [0, 0.1) is 11.8 Å². The fourth-order valence-electron chi connectivity index (χ4n) is 4.32. The van der Waals surface area contributed by atoms with Gasteiger partial charge in [-0.25, -0.2) is 4.79 Å². The highest BCUT2D eigenvalue weighted by Crippen LogP contribution is 2.32. The zero-order chi connectivity index (χ0) is 27.3. The molecule has 0 spiro atoms. The largest absolute Gasteiger partial charge is 0.491 e. The molecule has 1 saturated heterocycles. The van der Waals surface area contributed by atoms with E-state index in [-0.39, 0.29) is 17.0 Å². The number of halogens is 4. The van der Waals surface area contributed by atoms with Crippen molar-refractivity contribution >= 4 is 23.5 Å². The number of rotatable bonds is 4. The first-order valence-corrected chi connectivity index (χ1v) is 12.3. The number of amides is 1. The van der Waals surface area contributed by atoms with E-state index >= 15 is 0 Å². The fraction of sp³-hybridized carbons (Fsp3) is 0.241. The maximum absolute atomic E-state index is 13.4. The summed E-state index contributed by atoms with van der Waals surface area (Å²) in [5, 5.41) is 0.348. The molecular formula is C29H24ClF3N2O3. The van der Waals surface area contributed by atoms with Crippen LogP contribution >= 0.6 is 11.6 Å². The van der Waals surface area contributed by atoms with Gasteiger partial charge >= 0.3 is 12.1 Å². The first-order chi connectivity index (χ1) is 18.2. The number of hydrogen-bond acceptors (Lipinski definition) is 4. The second-order valence-electron chi connectivity index (χ2n) is 8.82. The summed E-state index contributed by atoms with van der Waals surface area (Å²) in [7, 11) is 0. The molecule has 0 unspecified atom stereocenters. The zero-order valence-electron chi connectivity index (χ0n) is 20.2. The molecule has 0 atom stereocenters. The van der Waals surface area contributed by atoms with Crippen LogP contribution in [0.15, 0.2) is 66.7 Å². The van der Waals surface area contributed by atoms with Crippen molar-refractivity contribution in [2.75, 3.05) is 13.1 Å². The van der Waals surface area contributed by atoms with Crippen LogP contribution in [0.2, 0.25) is 5.02 Å². The summed E-state index contributed by atoms with van der Waals surface area (Å²) in [6.45, 7) is 1.21. The molecule has 5 nitrogen and oxygen atoms in total. The van der Waals surface area contributed by atoms with Gasteiger partial charge in [-0.3, -0.25) is 4.79 Å². The molecule has 196 valence electrons. The minimum atomic E-state index is -5.25. The van der Waals surface area contributed by atoms with E-state index in [0.29, 0.717) is 43.1 Å². The SMILES string of the molecule is NCc1cccc(C2CCN(C(=O)c3cccc(C#Cc4ccccc4Cl)c3OC(=O)C(F)(F)F)CC2)c1. The average molecular weight is 541 g/mol. The average Bonchev–Trinajstić information content (AvgIpc) is 2.92. The number of ether oxygens (including phenoxy) is 1. The summed E-state index contributed by atoms with van der Waals surface area (Å²) in [5.74, 6) is 2.20. The van der Waals surface area contributed by atoms with Gasteiger partial charge in [0.2, 0.25) is 0 Å². The number of alkyl halides is 3. The predicted molar refractivity (Wildman–Crippen MR) is 138 cm³/mol. The van der Waals surface area contributed by atoms with Crippen molar-refractivity contribution in [3.8, 4) is 17.6 Å². The first kappa shape index (κ1) is 27.2. The number of nitrogens with two attached hydrogens (primary N) is 1. The number of esters is 1. The standard InChI is InChI=1S/C29H24ClF3N2O3/c30-25-10-2-1-6-21(25)11-12-22-7-4-9-24(26(22)38-28(37)29(31,32)33)27(36)35-15-13-20(14-16-35)23-8-3-5-19(17-23)18-34/h1-10,17,20H,13-16,18,34H2. The summed E-state index contributed by atoms with van der Waals surface area (Å²) in [6, 6.07) is 18.9. The lowest BCUT2D eigenvalue weighted by Gasteiger charge is -2.32. The van der Waals surface area contributed by atoms with E-state index in [0.717, 1.165) is 11.1 Å². The van der Waals surface area contributed by atoms with Crippen LogP contribution in [0.1, 0.15) is 51.4 Å². The van der Waals surface area contributed by atoms with Gasteiger partial charge in [0, 0.05) is 25.2 Å². The minimum absolute atomic E-state index is 0.0399. The Kier molecular flexibility index (Phi) is 8.40. The van der Waals surface area contributed by atoms with Crippen LogP contribution in [-0.4, -0.2) is 36.0 Å². The van der Waals surface area contributed by atoms with Gasteiger partial charge in [-0.2, -0.15) is 13.2 Å². The van der Waals surface area contributed by atoms with E-state index in [4.69, 9.17) is 22.1 Å². The minimum Gasteiger partial charge on any atom is -0.418 e. The Balaban J connectivity index is 1.61. The molecular weight excluding hydrogens is 517 g/mol. The van der Waals surface area contributed by atoms with Gasteiger partial charge in [0.05, 0.1) is 16.1 Å². The topological polar surface area (TPSA) is 72.6 Å². The van der Waals surface area contributed by atoms with Crippen LogP contribution < -0.4 is 10.5 Å². The van der Waals surface area contributed by atoms with Crippen LogP contribution in [0.5, 0.6) is 5.75 Å². The normalized spacial score (nSPS) is 14.0.